The molecular weight excluding hydrogens is 620 g/mol. The van der Waals surface area contributed by atoms with Crippen LogP contribution >= 0.6 is 11.6 Å². The molecule has 0 unspecified atom stereocenters. The van der Waals surface area contributed by atoms with Crippen LogP contribution < -0.4 is 15.0 Å². The number of alkyl halides is 3. The molecule has 0 aliphatic carbocycles. The molecule has 0 bridgehead atoms. The molecule has 1 N–H and O–H groups in total. The van der Waals surface area contributed by atoms with E-state index in [0.29, 0.717) is 28.4 Å². The van der Waals surface area contributed by atoms with Gasteiger partial charge in [0.25, 0.3) is 0 Å². The monoisotopic (exact) mass is 650 g/mol. The van der Waals surface area contributed by atoms with Crippen LogP contribution in [-0.4, -0.2) is 48.5 Å². The lowest BCUT2D eigenvalue weighted by Crippen LogP contribution is -2.47. The van der Waals surface area contributed by atoms with Gasteiger partial charge in [-0.05, 0) is 84.6 Å². The average molecular weight is 651 g/mol. The molecule has 4 aromatic rings. The van der Waals surface area contributed by atoms with Crippen molar-refractivity contribution in [1.82, 2.24) is 15.2 Å². The highest BCUT2D eigenvalue weighted by Gasteiger charge is 2.46. The van der Waals surface area contributed by atoms with Gasteiger partial charge in [0.15, 0.2) is 0 Å². The summed E-state index contributed by atoms with van der Waals surface area (Å²) < 4.78 is 58.2. The first kappa shape index (κ1) is 31.6. The second kappa shape index (κ2) is 13.1. The van der Waals surface area contributed by atoms with Gasteiger partial charge in [0.1, 0.15) is 5.75 Å². The van der Waals surface area contributed by atoms with E-state index >= 15 is 0 Å². The number of benzene rings is 3. The second-order valence-corrected chi connectivity index (χ2v) is 11.9. The first-order valence-electron chi connectivity index (χ1n) is 14.9. The Morgan fingerprint density at radius 2 is 1.80 bits per heavy atom. The normalized spacial score (nSPS) is 15.7. The van der Waals surface area contributed by atoms with Crippen molar-refractivity contribution in [2.75, 3.05) is 31.1 Å². The van der Waals surface area contributed by atoms with E-state index in [-0.39, 0.29) is 35.8 Å². The molecule has 2 aliphatic rings. The molecule has 6 rings (SSSR count). The summed E-state index contributed by atoms with van der Waals surface area (Å²) in [5, 5.41) is 4.00. The highest BCUT2D eigenvalue weighted by Crippen LogP contribution is 2.48. The molecule has 46 heavy (non-hydrogen) atoms. The number of rotatable bonds is 7. The van der Waals surface area contributed by atoms with E-state index in [1.54, 1.807) is 52.3 Å². The number of para-hydroxylation sites is 1. The molecule has 1 fully saturated rings. The fourth-order valence-electron chi connectivity index (χ4n) is 6.30. The first-order chi connectivity index (χ1) is 22.1. The zero-order chi connectivity index (χ0) is 32.3. The van der Waals surface area contributed by atoms with Crippen molar-refractivity contribution < 1.29 is 27.1 Å². The van der Waals surface area contributed by atoms with Crippen molar-refractivity contribution in [2.45, 2.75) is 31.2 Å². The van der Waals surface area contributed by atoms with Gasteiger partial charge in [-0.1, -0.05) is 66.2 Å². The summed E-state index contributed by atoms with van der Waals surface area (Å²) >= 11 is 6.02. The lowest BCUT2D eigenvalue weighted by atomic mass is 9.74. The molecular formula is C35H31ClF4N4O2. The lowest BCUT2D eigenvalue weighted by Gasteiger charge is -2.35. The molecule has 2 aliphatic heterocycles. The zero-order valence-electron chi connectivity index (χ0n) is 24.7. The van der Waals surface area contributed by atoms with Gasteiger partial charge in [0.05, 0.1) is 0 Å². The van der Waals surface area contributed by atoms with Crippen LogP contribution in [0.2, 0.25) is 5.02 Å². The second-order valence-electron chi connectivity index (χ2n) is 11.5. The van der Waals surface area contributed by atoms with Crippen molar-refractivity contribution in [3.63, 3.8) is 0 Å². The van der Waals surface area contributed by atoms with Gasteiger partial charge in [0.2, 0.25) is 5.95 Å². The van der Waals surface area contributed by atoms with Crippen LogP contribution in [0.3, 0.4) is 0 Å². The van der Waals surface area contributed by atoms with Crippen molar-refractivity contribution in [3.05, 3.63) is 119 Å². The largest absolute Gasteiger partial charge is 0.573 e. The quantitative estimate of drug-likeness (QED) is 0.162. The molecule has 3 heterocycles. The summed E-state index contributed by atoms with van der Waals surface area (Å²) in [5.41, 5.74) is 3.53. The average Bonchev–Trinajstić information content (AvgIpc) is 3.33. The molecule has 3 aromatic carbocycles. The van der Waals surface area contributed by atoms with Gasteiger partial charge >= 0.3 is 12.4 Å². The summed E-state index contributed by atoms with van der Waals surface area (Å²) in [6.45, 7) is 2.29. The van der Waals surface area contributed by atoms with Gasteiger partial charge in [-0.25, -0.2) is 9.78 Å². The molecule has 0 radical (unpaired) electrons. The molecule has 11 heteroatoms. The number of fused-ring (bicyclic) bond motifs is 2. The third-order valence-electron chi connectivity index (χ3n) is 8.48. The van der Waals surface area contributed by atoms with E-state index in [2.05, 4.69) is 15.0 Å². The Hall–Kier alpha value is -4.41. The van der Waals surface area contributed by atoms with Gasteiger partial charge in [-0.2, -0.15) is 4.39 Å². The number of amides is 2. The minimum absolute atomic E-state index is 0.117. The SMILES string of the molecule is O=C(N(CC=Cc1ccc(Cl)cc1)Cc1ccnc(F)c1)N1CC2(CCNCC2)c2ccc(-c3ccccc3OC(F)(F)F)cc21. The summed E-state index contributed by atoms with van der Waals surface area (Å²) in [4.78, 5) is 21.5. The van der Waals surface area contributed by atoms with Crippen LogP contribution in [-0.2, 0) is 12.0 Å². The lowest BCUT2D eigenvalue weighted by molar-refractivity contribution is -0.274. The number of piperidine rings is 1. The summed E-state index contributed by atoms with van der Waals surface area (Å²) in [5.74, 6) is -0.970. The Balaban J connectivity index is 1.37. The highest BCUT2D eigenvalue weighted by atomic mass is 35.5. The van der Waals surface area contributed by atoms with Crippen molar-refractivity contribution in [1.29, 1.82) is 0 Å². The summed E-state index contributed by atoms with van der Waals surface area (Å²) in [6.07, 6.45) is 1.83. The number of carbonyl (C=O) groups excluding carboxylic acids is 1. The van der Waals surface area contributed by atoms with Gasteiger partial charge < -0.3 is 15.0 Å². The summed E-state index contributed by atoms with van der Waals surface area (Å²) in [6, 6.07) is 21.4. The number of hydrogen-bond acceptors (Lipinski definition) is 4. The van der Waals surface area contributed by atoms with E-state index < -0.39 is 12.3 Å². The van der Waals surface area contributed by atoms with E-state index in [1.165, 1.54) is 24.4 Å². The summed E-state index contributed by atoms with van der Waals surface area (Å²) in [7, 11) is 0. The van der Waals surface area contributed by atoms with Crippen LogP contribution in [0, 0.1) is 5.95 Å². The molecule has 238 valence electrons. The van der Waals surface area contributed by atoms with Crippen LogP contribution in [0.5, 0.6) is 5.75 Å². The predicted molar refractivity (Wildman–Crippen MR) is 170 cm³/mol. The van der Waals surface area contributed by atoms with Gasteiger partial charge in [-0.15, -0.1) is 13.2 Å². The van der Waals surface area contributed by atoms with E-state index in [0.717, 1.165) is 37.1 Å². The number of hydrogen-bond donors (Lipinski definition) is 1. The Morgan fingerprint density at radius 3 is 2.54 bits per heavy atom. The number of anilines is 1. The molecule has 1 aromatic heterocycles. The maximum Gasteiger partial charge on any atom is 0.573 e. The van der Waals surface area contributed by atoms with Crippen molar-refractivity contribution in [3.8, 4) is 16.9 Å². The van der Waals surface area contributed by atoms with Crippen LogP contribution in [0.4, 0.5) is 28.0 Å². The maximum absolute atomic E-state index is 14.5. The highest BCUT2D eigenvalue weighted by molar-refractivity contribution is 6.30. The smallest absolute Gasteiger partial charge is 0.405 e. The van der Waals surface area contributed by atoms with Crippen molar-refractivity contribution >= 4 is 29.4 Å². The molecule has 1 spiro atoms. The van der Waals surface area contributed by atoms with Gasteiger partial charge in [0, 0.05) is 47.5 Å². The fourth-order valence-corrected chi connectivity index (χ4v) is 6.42. The number of halogens is 5. The van der Waals surface area contributed by atoms with Crippen molar-refractivity contribution in [2.24, 2.45) is 0 Å². The van der Waals surface area contributed by atoms with Crippen LogP contribution in [0.15, 0.2) is 91.1 Å². The minimum atomic E-state index is -4.86. The molecule has 2 amide bonds. The van der Waals surface area contributed by atoms with Crippen LogP contribution in [0.1, 0.15) is 29.5 Å². The predicted octanol–water partition coefficient (Wildman–Crippen LogP) is 8.22. The molecule has 1 saturated heterocycles. The Kier molecular flexibility index (Phi) is 9.02. The number of nitrogens with zero attached hydrogens (tertiary/aromatic N) is 3. The third kappa shape index (κ3) is 7.03. The maximum atomic E-state index is 14.5. The van der Waals surface area contributed by atoms with E-state index in [9.17, 15) is 22.4 Å². The molecule has 0 atom stereocenters. The number of ether oxygens (including phenoxy) is 1. The Morgan fingerprint density at radius 1 is 1.04 bits per heavy atom. The zero-order valence-corrected chi connectivity index (χ0v) is 25.5. The topological polar surface area (TPSA) is 57.7 Å². The number of pyridine rings is 1. The van der Waals surface area contributed by atoms with E-state index in [4.69, 9.17) is 11.6 Å². The Bertz CT molecular complexity index is 1740. The standard InChI is InChI=1S/C35H31ClF4N4O2/c36-27-10-7-24(8-11-27)4-3-19-43(22-25-13-16-42-32(37)20-25)33(45)44-23-34(14-17-41-18-15-34)29-12-9-26(21-30(29)44)28-5-1-2-6-31(28)46-35(38,39)40/h1-13,16,20-21,41H,14-15,17-19,22-23H2. The molecule has 6 nitrogen and oxygen atoms in total. The first-order valence-corrected chi connectivity index (χ1v) is 15.3. The molecule has 0 saturated carbocycles. The number of carbonyl (C=O) groups is 1. The van der Waals surface area contributed by atoms with Gasteiger partial charge in [-0.3, -0.25) is 4.90 Å². The van der Waals surface area contributed by atoms with E-state index in [1.807, 2.05) is 30.4 Å². The number of nitrogens with one attached hydrogen (secondary N) is 1. The fraction of sp³-hybridized carbons (Fsp3) is 0.257. The minimum Gasteiger partial charge on any atom is -0.405 e. The number of aromatic nitrogens is 1. The van der Waals surface area contributed by atoms with Crippen LogP contribution in [0.25, 0.3) is 17.2 Å². The number of urea groups is 1. The third-order valence-corrected chi connectivity index (χ3v) is 8.73. The Labute approximate surface area is 269 Å².